The summed E-state index contributed by atoms with van der Waals surface area (Å²) in [6, 6.07) is 5.22. The highest BCUT2D eigenvalue weighted by Crippen LogP contribution is 2.22. The first kappa shape index (κ1) is 16.0. The molecule has 0 bridgehead atoms. The van der Waals surface area contributed by atoms with Crippen molar-refractivity contribution >= 4 is 29.1 Å². The second-order valence-electron chi connectivity index (χ2n) is 4.65. The first-order valence-corrected chi connectivity index (χ1v) is 7.08. The lowest BCUT2D eigenvalue weighted by molar-refractivity contribution is -0.126. The van der Waals surface area contributed by atoms with Crippen LogP contribution in [-0.2, 0) is 16.1 Å². The molecule has 2 N–H and O–H groups in total. The summed E-state index contributed by atoms with van der Waals surface area (Å²) >= 11 is 5.98. The number of nitrogens with one attached hydrogen (secondary N) is 2. The average molecular weight is 322 g/mol. The van der Waals surface area contributed by atoms with Crippen molar-refractivity contribution in [2.75, 3.05) is 11.9 Å². The van der Waals surface area contributed by atoms with Crippen molar-refractivity contribution in [3.05, 3.63) is 41.4 Å². The van der Waals surface area contributed by atoms with Gasteiger partial charge in [0.15, 0.2) is 0 Å². The van der Waals surface area contributed by atoms with Gasteiger partial charge >= 0.3 is 0 Å². The van der Waals surface area contributed by atoms with Gasteiger partial charge in [-0.25, -0.2) is 4.98 Å². The van der Waals surface area contributed by atoms with Crippen LogP contribution in [0, 0.1) is 6.92 Å². The van der Waals surface area contributed by atoms with Gasteiger partial charge < -0.3 is 10.6 Å². The van der Waals surface area contributed by atoms with Gasteiger partial charge in [-0.1, -0.05) is 17.7 Å². The van der Waals surface area contributed by atoms with Crippen LogP contribution >= 0.6 is 11.6 Å². The maximum atomic E-state index is 11.8. The van der Waals surface area contributed by atoms with Crippen LogP contribution in [0.2, 0.25) is 5.02 Å². The number of carbonyl (C=O) groups is 2. The van der Waals surface area contributed by atoms with E-state index in [1.807, 2.05) is 0 Å². The number of aromatic nitrogens is 3. The van der Waals surface area contributed by atoms with Crippen LogP contribution in [0.1, 0.15) is 12.0 Å². The highest BCUT2D eigenvalue weighted by atomic mass is 35.5. The number of benzene rings is 1. The summed E-state index contributed by atoms with van der Waals surface area (Å²) in [6.45, 7) is 2.68. The zero-order valence-electron chi connectivity index (χ0n) is 12.0. The second-order valence-corrected chi connectivity index (χ2v) is 5.05. The van der Waals surface area contributed by atoms with Gasteiger partial charge in [0, 0.05) is 17.3 Å². The summed E-state index contributed by atoms with van der Waals surface area (Å²) in [5, 5.41) is 9.80. The van der Waals surface area contributed by atoms with E-state index in [0.717, 1.165) is 5.56 Å². The average Bonchev–Trinajstić information content (AvgIpc) is 2.97. The Labute approximate surface area is 132 Å². The van der Waals surface area contributed by atoms with Crippen molar-refractivity contribution in [1.82, 2.24) is 20.1 Å². The number of hydrogen-bond donors (Lipinski definition) is 2. The van der Waals surface area contributed by atoms with E-state index in [4.69, 9.17) is 11.6 Å². The van der Waals surface area contributed by atoms with Crippen LogP contribution in [0.4, 0.5) is 5.69 Å². The van der Waals surface area contributed by atoms with E-state index in [9.17, 15) is 9.59 Å². The van der Waals surface area contributed by atoms with Crippen molar-refractivity contribution in [2.45, 2.75) is 19.9 Å². The van der Waals surface area contributed by atoms with E-state index in [1.165, 1.54) is 6.33 Å². The highest BCUT2D eigenvalue weighted by molar-refractivity contribution is 6.31. The van der Waals surface area contributed by atoms with Crippen LogP contribution in [0.15, 0.2) is 30.9 Å². The third kappa shape index (κ3) is 4.56. The molecule has 1 heterocycles. The normalized spacial score (nSPS) is 10.3. The van der Waals surface area contributed by atoms with Crippen LogP contribution in [0.3, 0.4) is 0 Å². The second kappa shape index (κ2) is 7.56. The molecule has 0 aliphatic rings. The zero-order valence-corrected chi connectivity index (χ0v) is 12.8. The van der Waals surface area contributed by atoms with Crippen molar-refractivity contribution in [2.24, 2.45) is 0 Å². The molecule has 2 rings (SSSR count). The quantitative estimate of drug-likeness (QED) is 0.787. The SMILES string of the molecule is Cc1c(Cl)cccc1NC(=O)CC(=O)NCCn1cncn1. The number of rotatable bonds is 6. The third-order valence-electron chi connectivity index (χ3n) is 2.99. The van der Waals surface area contributed by atoms with E-state index in [2.05, 4.69) is 20.7 Å². The molecule has 1 aromatic heterocycles. The molecule has 0 radical (unpaired) electrons. The molecule has 0 unspecified atom stereocenters. The maximum absolute atomic E-state index is 11.8. The summed E-state index contributed by atoms with van der Waals surface area (Å²) < 4.78 is 1.59. The van der Waals surface area contributed by atoms with Crippen molar-refractivity contribution < 1.29 is 9.59 Å². The molecule has 0 saturated carbocycles. The minimum absolute atomic E-state index is 0.247. The number of halogens is 1. The summed E-state index contributed by atoms with van der Waals surface area (Å²) in [6.07, 6.45) is 2.73. The fourth-order valence-corrected chi connectivity index (χ4v) is 1.98. The molecule has 0 spiro atoms. The Balaban J connectivity index is 1.76. The number of anilines is 1. The van der Waals surface area contributed by atoms with Crippen molar-refractivity contribution in [1.29, 1.82) is 0 Å². The van der Waals surface area contributed by atoms with E-state index in [0.29, 0.717) is 23.8 Å². The van der Waals surface area contributed by atoms with Crippen molar-refractivity contribution in [3.63, 3.8) is 0 Å². The standard InChI is InChI=1S/C14H16ClN5O2/c1-10-11(15)3-2-4-12(10)19-14(22)7-13(21)17-5-6-20-9-16-8-18-20/h2-4,8-9H,5-7H2,1H3,(H,17,21)(H,19,22). The van der Waals surface area contributed by atoms with Crippen LogP contribution < -0.4 is 10.6 Å². The Bertz CT molecular complexity index is 657. The number of carbonyl (C=O) groups excluding carboxylic acids is 2. The molecule has 8 heteroatoms. The van der Waals surface area contributed by atoms with Gasteiger partial charge in [0.1, 0.15) is 19.1 Å². The Morgan fingerprint density at radius 2 is 2.14 bits per heavy atom. The van der Waals surface area contributed by atoms with E-state index >= 15 is 0 Å². The number of nitrogens with zero attached hydrogens (tertiary/aromatic N) is 3. The molecule has 2 amide bonds. The lowest BCUT2D eigenvalue weighted by atomic mass is 10.2. The molecule has 22 heavy (non-hydrogen) atoms. The molecule has 0 saturated heterocycles. The molecule has 0 aliphatic heterocycles. The van der Waals surface area contributed by atoms with Crippen LogP contribution in [0.25, 0.3) is 0 Å². The van der Waals surface area contributed by atoms with Gasteiger partial charge in [-0.2, -0.15) is 5.10 Å². The molecule has 7 nitrogen and oxygen atoms in total. The van der Waals surface area contributed by atoms with Crippen LogP contribution in [0.5, 0.6) is 0 Å². The predicted octanol–water partition coefficient (Wildman–Crippen LogP) is 1.38. The van der Waals surface area contributed by atoms with E-state index < -0.39 is 0 Å². The summed E-state index contributed by atoms with van der Waals surface area (Å²) in [4.78, 5) is 27.3. The van der Waals surface area contributed by atoms with Gasteiger partial charge in [0.2, 0.25) is 11.8 Å². The summed E-state index contributed by atoms with van der Waals surface area (Å²) in [7, 11) is 0. The largest absolute Gasteiger partial charge is 0.354 e. The lowest BCUT2D eigenvalue weighted by Crippen LogP contribution is -2.30. The molecule has 1 aromatic carbocycles. The van der Waals surface area contributed by atoms with E-state index in [1.54, 1.807) is 36.1 Å². The van der Waals surface area contributed by atoms with Gasteiger partial charge in [-0.3, -0.25) is 14.3 Å². The fraction of sp³-hybridized carbons (Fsp3) is 0.286. The Morgan fingerprint density at radius 3 is 2.86 bits per heavy atom. The smallest absolute Gasteiger partial charge is 0.233 e. The summed E-state index contributed by atoms with van der Waals surface area (Å²) in [5.74, 6) is -0.735. The topological polar surface area (TPSA) is 88.9 Å². The Hall–Kier alpha value is -2.41. The summed E-state index contributed by atoms with van der Waals surface area (Å²) in [5.41, 5.74) is 1.37. The molecule has 2 aromatic rings. The predicted molar refractivity (Wildman–Crippen MR) is 82.5 cm³/mol. The molecule has 0 aliphatic carbocycles. The molecule has 0 fully saturated rings. The zero-order chi connectivity index (χ0) is 15.9. The van der Waals surface area contributed by atoms with Crippen molar-refractivity contribution in [3.8, 4) is 0 Å². The first-order valence-electron chi connectivity index (χ1n) is 6.70. The Kier molecular flexibility index (Phi) is 5.48. The van der Waals surface area contributed by atoms with Gasteiger partial charge in [0.25, 0.3) is 0 Å². The van der Waals surface area contributed by atoms with E-state index in [-0.39, 0.29) is 18.2 Å². The fourth-order valence-electron chi connectivity index (χ4n) is 1.80. The monoisotopic (exact) mass is 321 g/mol. The van der Waals surface area contributed by atoms with Gasteiger partial charge in [-0.15, -0.1) is 0 Å². The molecular formula is C14H16ClN5O2. The highest BCUT2D eigenvalue weighted by Gasteiger charge is 2.11. The minimum Gasteiger partial charge on any atom is -0.354 e. The maximum Gasteiger partial charge on any atom is 0.233 e. The molecular weight excluding hydrogens is 306 g/mol. The van der Waals surface area contributed by atoms with Gasteiger partial charge in [-0.05, 0) is 24.6 Å². The van der Waals surface area contributed by atoms with Crippen LogP contribution in [-0.4, -0.2) is 33.1 Å². The lowest BCUT2D eigenvalue weighted by Gasteiger charge is -2.09. The molecule has 116 valence electrons. The minimum atomic E-state index is -0.386. The third-order valence-corrected chi connectivity index (χ3v) is 3.40. The first-order chi connectivity index (χ1) is 10.6. The Morgan fingerprint density at radius 1 is 1.32 bits per heavy atom. The number of amides is 2. The van der Waals surface area contributed by atoms with Gasteiger partial charge in [0.05, 0.1) is 6.54 Å². The molecule has 0 atom stereocenters. The number of hydrogen-bond acceptors (Lipinski definition) is 4.